The van der Waals surface area contributed by atoms with E-state index in [0.29, 0.717) is 18.0 Å². The van der Waals surface area contributed by atoms with E-state index in [1.54, 1.807) is 11.3 Å². The van der Waals surface area contributed by atoms with Crippen molar-refractivity contribution in [3.63, 3.8) is 0 Å². The predicted octanol–water partition coefficient (Wildman–Crippen LogP) is 3.67. The average molecular weight is 366 g/mol. The molecule has 1 fully saturated rings. The Balaban J connectivity index is 1.37. The van der Waals surface area contributed by atoms with Crippen LogP contribution >= 0.6 is 11.3 Å². The van der Waals surface area contributed by atoms with Crippen molar-refractivity contribution in [1.82, 2.24) is 9.88 Å². The molecule has 0 saturated carbocycles. The highest BCUT2D eigenvalue weighted by Gasteiger charge is 2.27. The third-order valence-corrected chi connectivity index (χ3v) is 6.51. The zero-order chi connectivity index (χ0) is 17.9. The number of aromatic nitrogens is 1. The number of rotatable bonds is 5. The van der Waals surface area contributed by atoms with Crippen LogP contribution in [0.3, 0.4) is 0 Å². The van der Waals surface area contributed by atoms with Gasteiger partial charge >= 0.3 is 0 Å². The zero-order valence-corrected chi connectivity index (χ0v) is 15.5. The third kappa shape index (κ3) is 3.37. The summed E-state index contributed by atoms with van der Waals surface area (Å²) in [6.45, 7) is 1.73. The Morgan fingerprint density at radius 2 is 2.31 bits per heavy atom. The van der Waals surface area contributed by atoms with Crippen molar-refractivity contribution in [3.8, 4) is 6.07 Å². The summed E-state index contributed by atoms with van der Waals surface area (Å²) in [5.74, 6) is -0.00639. The van der Waals surface area contributed by atoms with Crippen LogP contribution in [0.2, 0.25) is 0 Å². The second-order valence-electron chi connectivity index (χ2n) is 6.92. The molecule has 4 rings (SSSR count). The minimum atomic E-state index is -0.00639. The van der Waals surface area contributed by atoms with Gasteiger partial charge in [-0.15, -0.1) is 11.3 Å². The van der Waals surface area contributed by atoms with Gasteiger partial charge in [0.25, 0.3) is 0 Å². The Morgan fingerprint density at radius 1 is 1.38 bits per heavy atom. The Morgan fingerprint density at radius 3 is 3.12 bits per heavy atom. The molecule has 1 aliphatic carbocycles. The molecule has 0 radical (unpaired) electrons. The maximum atomic E-state index is 12.5. The molecule has 2 aromatic rings. The molecule has 26 heavy (non-hydrogen) atoms. The van der Waals surface area contributed by atoms with Crippen molar-refractivity contribution in [2.45, 2.75) is 44.6 Å². The molecule has 1 saturated heterocycles. The summed E-state index contributed by atoms with van der Waals surface area (Å²) in [7, 11) is 0. The molecule has 0 spiro atoms. The van der Waals surface area contributed by atoms with Crippen molar-refractivity contribution < 1.29 is 4.79 Å². The number of amides is 1. The lowest BCUT2D eigenvalue weighted by atomic mass is 10.1. The van der Waals surface area contributed by atoms with Crippen molar-refractivity contribution in [1.29, 1.82) is 5.26 Å². The molecule has 134 valence electrons. The summed E-state index contributed by atoms with van der Waals surface area (Å²) in [6.07, 6.45) is 7.62. The highest BCUT2D eigenvalue weighted by atomic mass is 32.1. The van der Waals surface area contributed by atoms with Gasteiger partial charge in [-0.3, -0.25) is 14.7 Å². The number of carbonyl (C=O) groups is 1. The van der Waals surface area contributed by atoms with Gasteiger partial charge in [0.05, 0.1) is 17.3 Å². The van der Waals surface area contributed by atoms with Crippen LogP contribution < -0.4 is 5.32 Å². The largest absolute Gasteiger partial charge is 0.317 e. The number of nitriles is 1. The molecule has 1 aliphatic heterocycles. The number of anilines is 1. The molecule has 1 amide bonds. The van der Waals surface area contributed by atoms with E-state index >= 15 is 0 Å². The molecule has 2 aromatic heterocycles. The maximum absolute atomic E-state index is 12.5. The van der Waals surface area contributed by atoms with E-state index in [0.717, 1.165) is 61.5 Å². The minimum absolute atomic E-state index is 0.00639. The fourth-order valence-corrected chi connectivity index (χ4v) is 5.30. The molecule has 1 N–H and O–H groups in total. The van der Waals surface area contributed by atoms with E-state index < -0.39 is 0 Å². The normalized spacial score (nSPS) is 19.3. The monoisotopic (exact) mass is 366 g/mol. The molecule has 6 heteroatoms. The van der Waals surface area contributed by atoms with Crippen LogP contribution in [0.4, 0.5) is 5.00 Å². The molecule has 1 atom stereocenters. The molecule has 0 aromatic carbocycles. The molecule has 5 nitrogen and oxygen atoms in total. The number of nitrogens with zero attached hydrogens (tertiary/aromatic N) is 3. The van der Waals surface area contributed by atoms with E-state index in [1.807, 2.05) is 18.3 Å². The fourth-order valence-electron chi connectivity index (χ4n) is 4.05. The molecule has 2 aliphatic rings. The fraction of sp³-hybridized carbons (Fsp3) is 0.450. The van der Waals surface area contributed by atoms with Gasteiger partial charge in [-0.05, 0) is 56.3 Å². The number of nitrogens with one attached hydrogen (secondary N) is 1. The summed E-state index contributed by atoms with van der Waals surface area (Å²) < 4.78 is 0. The first kappa shape index (κ1) is 17.2. The summed E-state index contributed by atoms with van der Waals surface area (Å²) in [5, 5.41) is 13.2. The second kappa shape index (κ2) is 7.56. The molecule has 0 unspecified atom stereocenters. The van der Waals surface area contributed by atoms with Gasteiger partial charge in [-0.2, -0.15) is 5.26 Å². The zero-order valence-electron chi connectivity index (χ0n) is 14.7. The van der Waals surface area contributed by atoms with Crippen LogP contribution in [0.15, 0.2) is 24.4 Å². The highest BCUT2D eigenvalue weighted by molar-refractivity contribution is 7.16. The number of aryl methyl sites for hydroxylation is 1. The van der Waals surface area contributed by atoms with Crippen molar-refractivity contribution in [2.75, 3.05) is 18.4 Å². The van der Waals surface area contributed by atoms with E-state index in [-0.39, 0.29) is 5.91 Å². The van der Waals surface area contributed by atoms with Gasteiger partial charge in [-0.25, -0.2) is 0 Å². The smallest absolute Gasteiger partial charge is 0.226 e. The van der Waals surface area contributed by atoms with Gasteiger partial charge in [0.15, 0.2) is 0 Å². The van der Waals surface area contributed by atoms with E-state index in [4.69, 9.17) is 0 Å². The summed E-state index contributed by atoms with van der Waals surface area (Å²) >= 11 is 1.58. The van der Waals surface area contributed by atoms with Crippen LogP contribution in [-0.2, 0) is 17.6 Å². The van der Waals surface area contributed by atoms with E-state index in [2.05, 4.69) is 27.3 Å². The average Bonchev–Trinajstić information content (AvgIpc) is 3.36. The first-order chi connectivity index (χ1) is 12.8. The molecule has 0 bridgehead atoms. The second-order valence-corrected chi connectivity index (χ2v) is 8.03. The maximum Gasteiger partial charge on any atom is 0.226 e. The van der Waals surface area contributed by atoms with Gasteiger partial charge in [-0.1, -0.05) is 6.07 Å². The van der Waals surface area contributed by atoms with E-state index in [1.165, 1.54) is 4.88 Å². The lowest BCUT2D eigenvalue weighted by Gasteiger charge is -2.23. The minimum Gasteiger partial charge on any atom is -0.317 e. The topological polar surface area (TPSA) is 69.0 Å². The van der Waals surface area contributed by atoms with Gasteiger partial charge in [0.2, 0.25) is 5.91 Å². The number of carbonyl (C=O) groups excluding carboxylic acids is 1. The predicted molar refractivity (Wildman–Crippen MR) is 102 cm³/mol. The van der Waals surface area contributed by atoms with Crippen molar-refractivity contribution >= 4 is 22.2 Å². The van der Waals surface area contributed by atoms with Crippen LogP contribution in [0.25, 0.3) is 0 Å². The quantitative estimate of drug-likeness (QED) is 0.877. The lowest BCUT2D eigenvalue weighted by molar-refractivity contribution is -0.116. The van der Waals surface area contributed by atoms with Gasteiger partial charge in [0, 0.05) is 24.0 Å². The Kier molecular flexibility index (Phi) is 5.00. The highest BCUT2D eigenvalue weighted by Crippen LogP contribution is 2.38. The van der Waals surface area contributed by atoms with Gasteiger partial charge in [0.1, 0.15) is 11.1 Å². The van der Waals surface area contributed by atoms with E-state index in [9.17, 15) is 10.1 Å². The van der Waals surface area contributed by atoms with Crippen molar-refractivity contribution in [2.24, 2.45) is 0 Å². The third-order valence-electron chi connectivity index (χ3n) is 5.30. The Bertz CT molecular complexity index is 839. The number of thiophene rings is 1. The number of likely N-dealkylation sites (tertiary alicyclic amines) is 1. The summed E-state index contributed by atoms with van der Waals surface area (Å²) in [6, 6.07) is 8.61. The Hall–Kier alpha value is -2.23. The first-order valence-corrected chi connectivity index (χ1v) is 10.1. The number of fused-ring (bicyclic) bond motifs is 1. The van der Waals surface area contributed by atoms with Crippen LogP contribution in [-0.4, -0.2) is 28.9 Å². The van der Waals surface area contributed by atoms with Crippen LogP contribution in [0, 0.1) is 11.3 Å². The molecular formula is C20H22N4OS. The van der Waals surface area contributed by atoms with Crippen LogP contribution in [0.5, 0.6) is 0 Å². The van der Waals surface area contributed by atoms with Crippen molar-refractivity contribution in [3.05, 3.63) is 46.1 Å². The molecular weight excluding hydrogens is 344 g/mol. The number of pyridine rings is 1. The van der Waals surface area contributed by atoms with Gasteiger partial charge < -0.3 is 5.32 Å². The van der Waals surface area contributed by atoms with Crippen LogP contribution in [0.1, 0.15) is 53.4 Å². The number of hydrogen-bond donors (Lipinski definition) is 1. The lowest BCUT2D eigenvalue weighted by Crippen LogP contribution is -2.28. The number of hydrogen-bond acceptors (Lipinski definition) is 5. The summed E-state index contributed by atoms with van der Waals surface area (Å²) in [5.41, 5.74) is 2.93. The molecule has 3 heterocycles. The standard InChI is InChI=1S/C20H22N4OS/c21-13-15-14-5-3-8-18(14)26-20(15)23-19(25)9-12-24-11-4-7-17(24)16-6-1-2-10-22-16/h1-2,6,10,17H,3-5,7-9,11-12H2,(H,23,25)/t17-/m0/s1. The summed E-state index contributed by atoms with van der Waals surface area (Å²) in [4.78, 5) is 20.6. The first-order valence-electron chi connectivity index (χ1n) is 9.25. The Labute approximate surface area is 157 Å². The SMILES string of the molecule is N#Cc1c(NC(=O)CCN2CCC[C@H]2c2ccccn2)sc2c1CCC2.